The quantitative estimate of drug-likeness (QED) is 0.861. The van der Waals surface area contributed by atoms with Gasteiger partial charge in [-0.05, 0) is 34.5 Å². The summed E-state index contributed by atoms with van der Waals surface area (Å²) in [6.07, 6.45) is 0.314. The van der Waals surface area contributed by atoms with E-state index >= 15 is 0 Å². The Bertz CT molecular complexity index is 458. The second kappa shape index (κ2) is 4.43. The Morgan fingerprint density at radius 1 is 1.64 bits per heavy atom. The third-order valence-corrected chi connectivity index (χ3v) is 5.97. The van der Waals surface area contributed by atoms with E-state index in [9.17, 15) is 8.42 Å². The van der Waals surface area contributed by atoms with Crippen molar-refractivity contribution in [1.29, 1.82) is 5.26 Å². The zero-order valence-corrected chi connectivity index (χ0v) is 10.6. The van der Waals surface area contributed by atoms with Crippen LogP contribution in [-0.2, 0) is 9.84 Å². The minimum absolute atomic E-state index is 0.248. The van der Waals surface area contributed by atoms with Crippen molar-refractivity contribution in [2.75, 3.05) is 0 Å². The van der Waals surface area contributed by atoms with Crippen LogP contribution in [0.15, 0.2) is 20.1 Å². The summed E-state index contributed by atoms with van der Waals surface area (Å²) in [5.41, 5.74) is 0. The lowest BCUT2D eigenvalue weighted by Crippen LogP contribution is -2.17. The summed E-state index contributed by atoms with van der Waals surface area (Å²) in [6, 6.07) is 4.99. The van der Waals surface area contributed by atoms with Crippen molar-refractivity contribution >= 4 is 37.1 Å². The zero-order chi connectivity index (χ0) is 10.8. The number of nitrogens with zero attached hydrogens (tertiary/aromatic N) is 1. The summed E-state index contributed by atoms with van der Waals surface area (Å²) in [5.74, 6) is 0. The highest BCUT2D eigenvalue weighted by Gasteiger charge is 2.27. The molecule has 0 fully saturated rings. The molecule has 0 spiro atoms. The molecule has 0 saturated carbocycles. The Kier molecular flexibility index (Phi) is 3.70. The van der Waals surface area contributed by atoms with E-state index in [1.165, 1.54) is 6.07 Å². The highest BCUT2D eigenvalue weighted by molar-refractivity contribution is 9.11. The first-order valence-electron chi connectivity index (χ1n) is 3.91. The van der Waals surface area contributed by atoms with Crippen LogP contribution in [0.3, 0.4) is 0 Å². The molecule has 6 heteroatoms. The van der Waals surface area contributed by atoms with E-state index in [4.69, 9.17) is 5.26 Å². The Labute approximate surface area is 95.4 Å². The van der Waals surface area contributed by atoms with E-state index in [1.807, 2.05) is 0 Å². The minimum Gasteiger partial charge on any atom is -0.221 e. The summed E-state index contributed by atoms with van der Waals surface area (Å²) < 4.78 is 24.6. The van der Waals surface area contributed by atoms with Gasteiger partial charge in [-0.15, -0.1) is 11.3 Å². The average molecular weight is 294 g/mol. The van der Waals surface area contributed by atoms with E-state index < -0.39 is 15.1 Å². The van der Waals surface area contributed by atoms with Crippen molar-refractivity contribution in [3.63, 3.8) is 0 Å². The van der Waals surface area contributed by atoms with Gasteiger partial charge in [-0.25, -0.2) is 8.42 Å². The lowest BCUT2D eigenvalue weighted by atomic mass is 10.4. The van der Waals surface area contributed by atoms with Crippen LogP contribution in [0.25, 0.3) is 0 Å². The molecule has 1 unspecified atom stereocenters. The molecular formula is C8H8BrNO2S2. The molecule has 0 aromatic carbocycles. The van der Waals surface area contributed by atoms with Crippen LogP contribution in [0.5, 0.6) is 0 Å². The Morgan fingerprint density at radius 2 is 2.29 bits per heavy atom. The fourth-order valence-corrected chi connectivity index (χ4v) is 4.61. The fourth-order valence-electron chi connectivity index (χ4n) is 0.971. The number of sulfone groups is 1. The van der Waals surface area contributed by atoms with Gasteiger partial charge in [0.15, 0.2) is 5.25 Å². The smallest absolute Gasteiger partial charge is 0.203 e. The van der Waals surface area contributed by atoms with Gasteiger partial charge in [0.25, 0.3) is 0 Å². The zero-order valence-electron chi connectivity index (χ0n) is 7.40. The topological polar surface area (TPSA) is 57.9 Å². The number of rotatable bonds is 3. The maximum atomic E-state index is 11.8. The molecule has 1 atom stereocenters. The molecule has 1 rings (SSSR count). The van der Waals surface area contributed by atoms with Gasteiger partial charge in [-0.3, -0.25) is 0 Å². The Balaban J connectivity index is 3.15. The van der Waals surface area contributed by atoms with E-state index in [1.54, 1.807) is 19.1 Å². The van der Waals surface area contributed by atoms with Crippen molar-refractivity contribution < 1.29 is 8.42 Å². The van der Waals surface area contributed by atoms with Gasteiger partial charge in [0.2, 0.25) is 9.84 Å². The van der Waals surface area contributed by atoms with Crippen LogP contribution in [0, 0.1) is 11.3 Å². The predicted molar refractivity (Wildman–Crippen MR) is 58.9 cm³/mol. The van der Waals surface area contributed by atoms with Crippen LogP contribution in [0.2, 0.25) is 0 Å². The van der Waals surface area contributed by atoms with Crippen LogP contribution < -0.4 is 0 Å². The van der Waals surface area contributed by atoms with Crippen molar-refractivity contribution in [2.24, 2.45) is 0 Å². The molecule has 1 heterocycles. The van der Waals surface area contributed by atoms with Crippen LogP contribution >= 0.6 is 27.3 Å². The first kappa shape index (κ1) is 11.7. The first-order valence-corrected chi connectivity index (χ1v) is 7.06. The number of nitriles is 1. The molecule has 76 valence electrons. The average Bonchev–Trinajstić information content (AvgIpc) is 2.54. The van der Waals surface area contributed by atoms with Crippen molar-refractivity contribution in [3.8, 4) is 6.07 Å². The van der Waals surface area contributed by atoms with Crippen molar-refractivity contribution in [2.45, 2.75) is 22.8 Å². The summed E-state index contributed by atoms with van der Waals surface area (Å²) in [4.78, 5) is 0. The standard InChI is InChI=1S/C8H8BrNO2S2/c1-2-6(5-10)14(11,12)8-4-3-7(9)13-8/h3-4,6H,2H2,1H3. The van der Waals surface area contributed by atoms with Gasteiger partial charge < -0.3 is 0 Å². The molecule has 1 aromatic heterocycles. The SMILES string of the molecule is CCC(C#N)S(=O)(=O)c1ccc(Br)s1. The maximum absolute atomic E-state index is 11.8. The molecule has 3 nitrogen and oxygen atoms in total. The second-order valence-corrected chi connectivity index (χ2v) is 7.45. The van der Waals surface area contributed by atoms with Crippen LogP contribution in [0.4, 0.5) is 0 Å². The van der Waals surface area contributed by atoms with Gasteiger partial charge in [-0.2, -0.15) is 5.26 Å². The van der Waals surface area contributed by atoms with E-state index in [0.717, 1.165) is 15.1 Å². The maximum Gasteiger partial charge on any atom is 0.203 e. The van der Waals surface area contributed by atoms with Gasteiger partial charge in [0, 0.05) is 0 Å². The highest BCUT2D eigenvalue weighted by atomic mass is 79.9. The first-order chi connectivity index (χ1) is 6.52. The molecular weight excluding hydrogens is 286 g/mol. The predicted octanol–water partition coefficient (Wildman–Crippen LogP) is 2.59. The summed E-state index contributed by atoms with van der Waals surface area (Å²) in [7, 11) is -3.45. The summed E-state index contributed by atoms with van der Waals surface area (Å²) >= 11 is 4.32. The minimum atomic E-state index is -3.45. The van der Waals surface area contributed by atoms with Gasteiger partial charge in [-0.1, -0.05) is 6.92 Å². The largest absolute Gasteiger partial charge is 0.221 e. The van der Waals surface area contributed by atoms with E-state index in [-0.39, 0.29) is 4.21 Å². The summed E-state index contributed by atoms with van der Waals surface area (Å²) in [5, 5.41) is 7.76. The van der Waals surface area contributed by atoms with Crippen molar-refractivity contribution in [3.05, 3.63) is 15.9 Å². The molecule has 0 aliphatic heterocycles. The number of hydrogen-bond acceptors (Lipinski definition) is 4. The molecule has 0 bridgehead atoms. The van der Waals surface area contributed by atoms with Crippen LogP contribution in [-0.4, -0.2) is 13.7 Å². The van der Waals surface area contributed by atoms with Gasteiger partial charge in [0.1, 0.15) is 4.21 Å². The lowest BCUT2D eigenvalue weighted by Gasteiger charge is -2.04. The molecule has 0 amide bonds. The summed E-state index contributed by atoms with van der Waals surface area (Å²) in [6.45, 7) is 1.69. The van der Waals surface area contributed by atoms with Crippen LogP contribution in [0.1, 0.15) is 13.3 Å². The highest BCUT2D eigenvalue weighted by Crippen LogP contribution is 2.29. The third-order valence-electron chi connectivity index (χ3n) is 1.72. The number of hydrogen-bond donors (Lipinski definition) is 0. The third kappa shape index (κ3) is 2.16. The monoisotopic (exact) mass is 293 g/mol. The molecule has 0 saturated heterocycles. The molecule has 14 heavy (non-hydrogen) atoms. The van der Waals surface area contributed by atoms with Gasteiger partial charge in [0.05, 0.1) is 9.86 Å². The van der Waals surface area contributed by atoms with E-state index in [2.05, 4.69) is 15.9 Å². The number of halogens is 1. The van der Waals surface area contributed by atoms with Crippen molar-refractivity contribution in [1.82, 2.24) is 0 Å². The van der Waals surface area contributed by atoms with Gasteiger partial charge >= 0.3 is 0 Å². The molecule has 1 aromatic rings. The molecule has 0 aliphatic carbocycles. The molecule has 0 radical (unpaired) electrons. The normalized spacial score (nSPS) is 13.5. The molecule has 0 aliphatic rings. The fraction of sp³-hybridized carbons (Fsp3) is 0.375. The second-order valence-electron chi connectivity index (χ2n) is 2.63. The lowest BCUT2D eigenvalue weighted by molar-refractivity contribution is 0.589. The molecule has 0 N–H and O–H groups in total. The Morgan fingerprint density at radius 3 is 2.64 bits per heavy atom. The number of thiophene rings is 1. The van der Waals surface area contributed by atoms with E-state index in [0.29, 0.717) is 6.42 Å². The Hall–Kier alpha value is -0.380.